The Morgan fingerprint density at radius 2 is 2.24 bits per heavy atom. The van der Waals surface area contributed by atoms with Crippen molar-refractivity contribution in [1.82, 2.24) is 35.4 Å². The van der Waals surface area contributed by atoms with E-state index in [1.165, 1.54) is 51.6 Å². The number of hydrogen-bond acceptors (Lipinski definition) is 13. The maximum atomic E-state index is 13.2. The third kappa shape index (κ3) is 6.00. The molecule has 18 heteroatoms. The molecule has 2 amide bonds. The van der Waals surface area contributed by atoms with Crippen molar-refractivity contribution < 1.29 is 24.0 Å². The standard InChI is InChI=1S/C19H18BrClN8O5S3/c1-8(21)4-34-17(32)13-9(6-37-19-24-26-27-28(19)2)5-35-16-12(15(31)29(13)16)23-14(30)11(25-33-3)10-7-36-18(20)22-10/h7,12,16H,1,4-6H2,2-3H3,(H,23,30)/b25-11+. The average Bonchev–Trinajstić information content (AvgIpc) is 3.49. The zero-order valence-electron chi connectivity index (χ0n) is 19.2. The molecular weight excluding hydrogens is 632 g/mol. The zero-order valence-corrected chi connectivity index (χ0v) is 24.0. The lowest BCUT2D eigenvalue weighted by Gasteiger charge is -2.49. The zero-order chi connectivity index (χ0) is 26.7. The van der Waals surface area contributed by atoms with Crippen LogP contribution in [-0.2, 0) is 31.0 Å². The number of aromatic nitrogens is 5. The van der Waals surface area contributed by atoms with Crippen molar-refractivity contribution in [2.75, 3.05) is 25.2 Å². The van der Waals surface area contributed by atoms with Crippen LogP contribution >= 0.6 is 62.4 Å². The van der Waals surface area contributed by atoms with Crippen LogP contribution in [0.25, 0.3) is 0 Å². The number of fused-ring (bicyclic) bond motifs is 1. The predicted molar refractivity (Wildman–Crippen MR) is 141 cm³/mol. The Hall–Kier alpha value is -2.47. The molecule has 2 aromatic heterocycles. The van der Waals surface area contributed by atoms with Crippen molar-refractivity contribution in [3.63, 3.8) is 0 Å². The summed E-state index contributed by atoms with van der Waals surface area (Å²) in [7, 11) is 3.00. The smallest absolute Gasteiger partial charge is 0.355 e. The summed E-state index contributed by atoms with van der Waals surface area (Å²) in [5, 5.41) is 19.6. The highest BCUT2D eigenvalue weighted by molar-refractivity contribution is 9.11. The van der Waals surface area contributed by atoms with Gasteiger partial charge in [-0.3, -0.25) is 14.5 Å². The van der Waals surface area contributed by atoms with Gasteiger partial charge in [-0.25, -0.2) is 14.5 Å². The highest BCUT2D eigenvalue weighted by Gasteiger charge is 2.54. The molecule has 0 bridgehead atoms. The molecule has 0 aliphatic carbocycles. The number of ether oxygens (including phenoxy) is 1. The Morgan fingerprint density at radius 3 is 2.86 bits per heavy atom. The molecule has 0 saturated carbocycles. The number of thiazole rings is 1. The molecule has 1 N–H and O–H groups in total. The van der Waals surface area contributed by atoms with Crippen LogP contribution in [-0.4, -0.2) is 90.2 Å². The van der Waals surface area contributed by atoms with Crippen molar-refractivity contribution >= 4 is 85.9 Å². The summed E-state index contributed by atoms with van der Waals surface area (Å²) in [6.45, 7) is 3.31. The number of nitrogens with zero attached hydrogens (tertiary/aromatic N) is 7. The number of carbonyl (C=O) groups excluding carboxylic acids is 3. The number of tetrazole rings is 1. The summed E-state index contributed by atoms with van der Waals surface area (Å²) < 4.78 is 7.32. The summed E-state index contributed by atoms with van der Waals surface area (Å²) in [6, 6.07) is -0.899. The molecule has 1 fully saturated rings. The molecule has 196 valence electrons. The van der Waals surface area contributed by atoms with Crippen LogP contribution in [0.15, 0.2) is 42.5 Å². The van der Waals surface area contributed by atoms with Gasteiger partial charge in [0, 0.05) is 29.0 Å². The number of β-lactam (4-membered cyclic amide) rings is 1. The van der Waals surface area contributed by atoms with E-state index in [1.54, 1.807) is 12.4 Å². The van der Waals surface area contributed by atoms with Gasteiger partial charge < -0.3 is 14.9 Å². The maximum Gasteiger partial charge on any atom is 0.355 e. The molecule has 2 aliphatic rings. The highest BCUT2D eigenvalue weighted by atomic mass is 79.9. The molecule has 37 heavy (non-hydrogen) atoms. The van der Waals surface area contributed by atoms with Gasteiger partial charge in [-0.1, -0.05) is 35.1 Å². The molecule has 2 aromatic rings. The molecule has 2 atom stereocenters. The van der Waals surface area contributed by atoms with Gasteiger partial charge in [0.05, 0.1) is 0 Å². The van der Waals surface area contributed by atoms with Gasteiger partial charge in [-0.2, -0.15) is 0 Å². The molecule has 1 saturated heterocycles. The van der Waals surface area contributed by atoms with E-state index in [1.807, 2.05) is 0 Å². The molecule has 2 aliphatic heterocycles. The van der Waals surface area contributed by atoms with Gasteiger partial charge >= 0.3 is 5.97 Å². The normalized spacial score (nSPS) is 19.3. The number of aryl methyl sites for hydroxylation is 1. The molecule has 0 spiro atoms. The summed E-state index contributed by atoms with van der Waals surface area (Å²) in [5.41, 5.74) is 0.974. The quantitative estimate of drug-likeness (QED) is 0.131. The van der Waals surface area contributed by atoms with Crippen molar-refractivity contribution in [3.8, 4) is 0 Å². The number of hydrogen-bond donors (Lipinski definition) is 1. The fourth-order valence-corrected chi connectivity index (χ4v) is 6.74. The molecule has 2 unspecified atom stereocenters. The molecule has 0 aromatic carbocycles. The van der Waals surface area contributed by atoms with E-state index in [4.69, 9.17) is 21.2 Å². The van der Waals surface area contributed by atoms with Gasteiger partial charge in [-0.05, 0) is 31.9 Å². The average molecular weight is 650 g/mol. The maximum absolute atomic E-state index is 13.2. The van der Waals surface area contributed by atoms with Crippen LogP contribution in [0.3, 0.4) is 0 Å². The Balaban J connectivity index is 1.54. The van der Waals surface area contributed by atoms with Crippen LogP contribution in [0.1, 0.15) is 5.69 Å². The number of esters is 1. The number of thioether (sulfide) groups is 2. The minimum absolute atomic E-state index is 0.0818. The molecule has 13 nitrogen and oxygen atoms in total. The second-order valence-electron chi connectivity index (χ2n) is 7.39. The first kappa shape index (κ1) is 27.6. The minimum atomic E-state index is -0.899. The van der Waals surface area contributed by atoms with E-state index >= 15 is 0 Å². The van der Waals surface area contributed by atoms with E-state index < -0.39 is 29.2 Å². The fraction of sp³-hybridized carbons (Fsp3) is 0.368. The lowest BCUT2D eigenvalue weighted by molar-refractivity contribution is -0.152. The van der Waals surface area contributed by atoms with E-state index in [0.717, 1.165) is 0 Å². The number of nitrogens with one attached hydrogen (secondary N) is 1. The first-order chi connectivity index (χ1) is 17.7. The van der Waals surface area contributed by atoms with E-state index in [-0.39, 0.29) is 23.0 Å². The van der Waals surface area contributed by atoms with Crippen molar-refractivity contribution in [2.45, 2.75) is 16.6 Å². The largest absolute Gasteiger partial charge is 0.455 e. The molecule has 4 heterocycles. The first-order valence-electron chi connectivity index (χ1n) is 10.3. The minimum Gasteiger partial charge on any atom is -0.455 e. The Bertz CT molecular complexity index is 1310. The molecular formula is C19H18BrClN8O5S3. The SMILES string of the molecule is C=C(Cl)COC(=O)C1=C(CSc2nnnn2C)CSC2C(NC(=O)/C(=N/OC)c3csc(Br)n3)C(=O)N12. The van der Waals surface area contributed by atoms with Crippen LogP contribution in [0.4, 0.5) is 0 Å². The van der Waals surface area contributed by atoms with Crippen LogP contribution in [0.2, 0.25) is 0 Å². The van der Waals surface area contributed by atoms with Crippen molar-refractivity contribution in [3.05, 3.63) is 37.9 Å². The fourth-order valence-electron chi connectivity index (χ4n) is 3.36. The Labute approximate surface area is 236 Å². The number of carbonyl (C=O) groups is 3. The second kappa shape index (κ2) is 11.9. The van der Waals surface area contributed by atoms with Gasteiger partial charge in [0.1, 0.15) is 36.5 Å². The van der Waals surface area contributed by atoms with E-state index in [0.29, 0.717) is 31.8 Å². The topological polar surface area (TPSA) is 154 Å². The summed E-state index contributed by atoms with van der Waals surface area (Å²) in [6.07, 6.45) is 0. The van der Waals surface area contributed by atoms with E-state index in [9.17, 15) is 14.4 Å². The lowest BCUT2D eigenvalue weighted by Crippen LogP contribution is -2.71. The van der Waals surface area contributed by atoms with Gasteiger partial charge in [0.2, 0.25) is 5.16 Å². The van der Waals surface area contributed by atoms with Crippen molar-refractivity contribution in [2.24, 2.45) is 12.2 Å². The first-order valence-corrected chi connectivity index (χ1v) is 14.4. The van der Waals surface area contributed by atoms with Crippen LogP contribution < -0.4 is 5.32 Å². The Kier molecular flexibility index (Phi) is 8.89. The number of amides is 2. The van der Waals surface area contributed by atoms with Gasteiger partial charge in [-0.15, -0.1) is 28.2 Å². The summed E-state index contributed by atoms with van der Waals surface area (Å²) in [4.78, 5) is 49.5. The lowest BCUT2D eigenvalue weighted by atomic mass is 10.0. The number of halogens is 2. The van der Waals surface area contributed by atoms with Crippen LogP contribution in [0.5, 0.6) is 0 Å². The molecule has 0 radical (unpaired) electrons. The number of oxime groups is 1. The highest BCUT2D eigenvalue weighted by Crippen LogP contribution is 2.42. The third-order valence-electron chi connectivity index (χ3n) is 4.96. The second-order valence-corrected chi connectivity index (χ2v) is 12.1. The summed E-state index contributed by atoms with van der Waals surface area (Å²) in [5.74, 6) is -1.08. The summed E-state index contributed by atoms with van der Waals surface area (Å²) >= 11 is 13.0. The predicted octanol–water partition coefficient (Wildman–Crippen LogP) is 1.52. The number of rotatable bonds is 10. The van der Waals surface area contributed by atoms with Gasteiger partial charge in [0.15, 0.2) is 9.63 Å². The Morgan fingerprint density at radius 1 is 1.46 bits per heavy atom. The monoisotopic (exact) mass is 648 g/mol. The van der Waals surface area contributed by atoms with E-state index in [2.05, 4.69) is 53.5 Å². The third-order valence-corrected chi connectivity index (χ3v) is 8.87. The van der Waals surface area contributed by atoms with Gasteiger partial charge in [0.25, 0.3) is 11.8 Å². The van der Waals surface area contributed by atoms with Crippen molar-refractivity contribution in [1.29, 1.82) is 0 Å². The van der Waals surface area contributed by atoms with Crippen LogP contribution in [0, 0.1) is 0 Å². The molecule has 4 rings (SSSR count).